The third-order valence-corrected chi connectivity index (χ3v) is 3.77. The lowest BCUT2D eigenvalue weighted by molar-refractivity contribution is 0.0966. The molecule has 2 atom stereocenters. The maximum Gasteiger partial charge on any atom is 0.409 e. The number of methoxy groups -OCH3 is 1. The van der Waals surface area contributed by atoms with E-state index in [1.165, 1.54) is 13.2 Å². The van der Waals surface area contributed by atoms with Crippen molar-refractivity contribution in [1.29, 1.82) is 0 Å². The lowest BCUT2D eigenvalue weighted by Crippen LogP contribution is -2.45. The smallest absolute Gasteiger partial charge is 0.409 e. The van der Waals surface area contributed by atoms with E-state index in [9.17, 15) is 9.18 Å². The average molecular weight is 266 g/mol. The number of hydrogen-bond donors (Lipinski definition) is 1. The molecule has 1 aliphatic heterocycles. The van der Waals surface area contributed by atoms with Crippen molar-refractivity contribution >= 4 is 6.09 Å². The van der Waals surface area contributed by atoms with E-state index in [0.29, 0.717) is 31.6 Å². The van der Waals surface area contributed by atoms with E-state index in [2.05, 4.69) is 0 Å². The Balaban J connectivity index is 2.16. The molecule has 1 aromatic rings. The van der Waals surface area contributed by atoms with E-state index in [0.717, 1.165) is 0 Å². The van der Waals surface area contributed by atoms with Crippen LogP contribution in [0.2, 0.25) is 0 Å². The van der Waals surface area contributed by atoms with Crippen molar-refractivity contribution in [3.05, 3.63) is 35.6 Å². The summed E-state index contributed by atoms with van der Waals surface area (Å²) in [5.41, 5.74) is 6.48. The van der Waals surface area contributed by atoms with Gasteiger partial charge in [-0.05, 0) is 36.4 Å². The SMILES string of the molecule is COC(=O)N1CCC(c2ccccc2F)C(CN)C1. The second-order valence-corrected chi connectivity index (χ2v) is 4.83. The van der Waals surface area contributed by atoms with Crippen molar-refractivity contribution in [2.45, 2.75) is 12.3 Å². The molecule has 0 saturated carbocycles. The maximum atomic E-state index is 13.9. The van der Waals surface area contributed by atoms with Crippen LogP contribution in [0.4, 0.5) is 9.18 Å². The standard InChI is InChI=1S/C14H19FN2O2/c1-19-14(18)17-7-6-11(10(8-16)9-17)12-4-2-3-5-13(12)15/h2-5,10-11H,6-9,16H2,1H3. The van der Waals surface area contributed by atoms with Gasteiger partial charge in [0.2, 0.25) is 0 Å². The summed E-state index contributed by atoms with van der Waals surface area (Å²) in [6, 6.07) is 6.78. The number of nitrogens with zero attached hydrogens (tertiary/aromatic N) is 1. The van der Waals surface area contributed by atoms with Crippen LogP contribution in [-0.2, 0) is 4.74 Å². The number of amides is 1. The maximum absolute atomic E-state index is 13.9. The van der Waals surface area contributed by atoms with Crippen LogP contribution in [0.3, 0.4) is 0 Å². The molecule has 0 aliphatic carbocycles. The van der Waals surface area contributed by atoms with Crippen molar-refractivity contribution in [2.75, 3.05) is 26.7 Å². The molecule has 1 amide bonds. The molecule has 5 heteroatoms. The first kappa shape index (κ1) is 13.8. The monoisotopic (exact) mass is 266 g/mol. The summed E-state index contributed by atoms with van der Waals surface area (Å²) in [6.45, 7) is 1.51. The first-order chi connectivity index (χ1) is 9.17. The largest absolute Gasteiger partial charge is 0.453 e. The number of likely N-dealkylation sites (tertiary alicyclic amines) is 1. The number of nitrogens with two attached hydrogens (primary N) is 1. The van der Waals surface area contributed by atoms with Crippen LogP contribution >= 0.6 is 0 Å². The highest BCUT2D eigenvalue weighted by Gasteiger charge is 2.33. The Labute approximate surface area is 112 Å². The van der Waals surface area contributed by atoms with Crippen LogP contribution in [0, 0.1) is 11.7 Å². The molecule has 0 radical (unpaired) electrons. The molecular weight excluding hydrogens is 247 g/mol. The Kier molecular flexibility index (Phi) is 4.37. The van der Waals surface area contributed by atoms with Crippen LogP contribution < -0.4 is 5.73 Å². The molecular formula is C14H19FN2O2. The highest BCUT2D eigenvalue weighted by atomic mass is 19.1. The highest BCUT2D eigenvalue weighted by molar-refractivity contribution is 5.67. The third-order valence-electron chi connectivity index (χ3n) is 3.77. The summed E-state index contributed by atoms with van der Waals surface area (Å²) in [5.74, 6) is -0.0747. The summed E-state index contributed by atoms with van der Waals surface area (Å²) in [4.78, 5) is 13.2. The molecule has 2 unspecified atom stereocenters. The quantitative estimate of drug-likeness (QED) is 0.890. The highest BCUT2D eigenvalue weighted by Crippen LogP contribution is 2.34. The number of ether oxygens (including phenoxy) is 1. The summed E-state index contributed by atoms with van der Waals surface area (Å²) in [7, 11) is 1.36. The van der Waals surface area contributed by atoms with Crippen molar-refractivity contribution < 1.29 is 13.9 Å². The van der Waals surface area contributed by atoms with Crippen LogP contribution in [0.15, 0.2) is 24.3 Å². The predicted octanol–water partition coefficient (Wildman–Crippen LogP) is 1.96. The Bertz CT molecular complexity index is 453. The minimum atomic E-state index is -0.342. The van der Waals surface area contributed by atoms with Crippen molar-refractivity contribution in [1.82, 2.24) is 4.90 Å². The van der Waals surface area contributed by atoms with Gasteiger partial charge >= 0.3 is 6.09 Å². The molecule has 1 heterocycles. The molecule has 2 rings (SSSR count). The number of carbonyl (C=O) groups excluding carboxylic acids is 1. The fourth-order valence-electron chi connectivity index (χ4n) is 2.75. The first-order valence-electron chi connectivity index (χ1n) is 6.44. The molecule has 0 aromatic heterocycles. The summed E-state index contributed by atoms with van der Waals surface area (Å²) >= 11 is 0. The van der Waals surface area contributed by atoms with E-state index in [-0.39, 0.29) is 23.7 Å². The molecule has 0 bridgehead atoms. The van der Waals surface area contributed by atoms with Crippen LogP contribution in [0.1, 0.15) is 17.9 Å². The van der Waals surface area contributed by atoms with Gasteiger partial charge in [0, 0.05) is 13.1 Å². The lowest BCUT2D eigenvalue weighted by Gasteiger charge is -2.37. The fraction of sp³-hybridized carbons (Fsp3) is 0.500. The number of hydrogen-bond acceptors (Lipinski definition) is 3. The van der Waals surface area contributed by atoms with Crippen molar-refractivity contribution in [2.24, 2.45) is 11.7 Å². The minimum absolute atomic E-state index is 0.0600. The summed E-state index contributed by atoms with van der Waals surface area (Å²) < 4.78 is 18.6. The Morgan fingerprint density at radius 1 is 1.53 bits per heavy atom. The lowest BCUT2D eigenvalue weighted by atomic mass is 9.80. The Morgan fingerprint density at radius 2 is 2.26 bits per heavy atom. The van der Waals surface area contributed by atoms with Crippen molar-refractivity contribution in [3.63, 3.8) is 0 Å². The van der Waals surface area contributed by atoms with Gasteiger partial charge in [-0.25, -0.2) is 9.18 Å². The molecule has 4 nitrogen and oxygen atoms in total. The Morgan fingerprint density at radius 3 is 2.89 bits per heavy atom. The topological polar surface area (TPSA) is 55.6 Å². The zero-order valence-electron chi connectivity index (χ0n) is 11.0. The van der Waals surface area contributed by atoms with Gasteiger partial charge in [0.15, 0.2) is 0 Å². The van der Waals surface area contributed by atoms with Gasteiger partial charge in [-0.3, -0.25) is 0 Å². The molecule has 1 aromatic carbocycles. The average Bonchev–Trinajstić information content (AvgIpc) is 2.46. The third kappa shape index (κ3) is 2.87. The minimum Gasteiger partial charge on any atom is -0.453 e. The van der Waals surface area contributed by atoms with Crippen LogP contribution in [-0.4, -0.2) is 37.7 Å². The van der Waals surface area contributed by atoms with Crippen LogP contribution in [0.5, 0.6) is 0 Å². The zero-order chi connectivity index (χ0) is 13.8. The van der Waals surface area contributed by atoms with E-state index in [4.69, 9.17) is 10.5 Å². The van der Waals surface area contributed by atoms with E-state index in [1.807, 2.05) is 6.07 Å². The molecule has 1 fully saturated rings. The van der Waals surface area contributed by atoms with E-state index < -0.39 is 0 Å². The molecule has 1 aliphatic rings. The zero-order valence-corrected chi connectivity index (χ0v) is 11.0. The Hall–Kier alpha value is -1.62. The van der Waals surface area contributed by atoms with Gasteiger partial charge in [-0.1, -0.05) is 18.2 Å². The van der Waals surface area contributed by atoms with Gasteiger partial charge in [-0.15, -0.1) is 0 Å². The molecule has 1 saturated heterocycles. The number of benzene rings is 1. The van der Waals surface area contributed by atoms with Gasteiger partial charge in [0.05, 0.1) is 7.11 Å². The van der Waals surface area contributed by atoms with Gasteiger partial charge < -0.3 is 15.4 Å². The summed E-state index contributed by atoms with van der Waals surface area (Å²) in [5, 5.41) is 0. The number of piperidine rings is 1. The normalized spacial score (nSPS) is 23.2. The molecule has 104 valence electrons. The van der Waals surface area contributed by atoms with E-state index in [1.54, 1.807) is 17.0 Å². The molecule has 2 N–H and O–H groups in total. The first-order valence-corrected chi connectivity index (χ1v) is 6.44. The van der Waals surface area contributed by atoms with Crippen LogP contribution in [0.25, 0.3) is 0 Å². The van der Waals surface area contributed by atoms with Gasteiger partial charge in [0.25, 0.3) is 0 Å². The van der Waals surface area contributed by atoms with E-state index >= 15 is 0 Å². The number of rotatable bonds is 2. The van der Waals surface area contributed by atoms with Gasteiger partial charge in [-0.2, -0.15) is 0 Å². The predicted molar refractivity (Wildman–Crippen MR) is 70.3 cm³/mol. The van der Waals surface area contributed by atoms with Gasteiger partial charge in [0.1, 0.15) is 5.82 Å². The van der Waals surface area contributed by atoms with Crippen molar-refractivity contribution in [3.8, 4) is 0 Å². The summed E-state index contributed by atoms with van der Waals surface area (Å²) in [6.07, 6.45) is 0.364. The number of carbonyl (C=O) groups is 1. The molecule has 19 heavy (non-hydrogen) atoms. The number of halogens is 1. The fourth-order valence-corrected chi connectivity index (χ4v) is 2.75. The second-order valence-electron chi connectivity index (χ2n) is 4.83. The molecule has 0 spiro atoms. The second kappa shape index (κ2) is 6.02.